The zero-order valence-corrected chi connectivity index (χ0v) is 16.1. The smallest absolute Gasteiger partial charge is 0.315 e. The summed E-state index contributed by atoms with van der Waals surface area (Å²) in [5.41, 5.74) is 2.62. The highest BCUT2D eigenvalue weighted by Gasteiger charge is 2.13. The van der Waals surface area contributed by atoms with E-state index in [4.69, 9.17) is 9.47 Å². The summed E-state index contributed by atoms with van der Waals surface area (Å²) in [5, 5.41) is 8.56. The molecule has 1 heterocycles. The molecule has 0 spiro atoms. The van der Waals surface area contributed by atoms with Crippen molar-refractivity contribution in [1.82, 2.24) is 10.6 Å². The average Bonchev–Trinajstić information content (AvgIpc) is 2.72. The number of urea groups is 1. The third-order valence-electron chi connectivity index (χ3n) is 4.42. The summed E-state index contributed by atoms with van der Waals surface area (Å²) >= 11 is 0. The van der Waals surface area contributed by atoms with Gasteiger partial charge in [-0.15, -0.1) is 0 Å². The van der Waals surface area contributed by atoms with Crippen LogP contribution in [0, 0.1) is 0 Å². The molecule has 28 heavy (non-hydrogen) atoms. The molecule has 0 unspecified atom stereocenters. The fourth-order valence-corrected chi connectivity index (χ4v) is 2.82. The first-order chi connectivity index (χ1) is 13.5. The quantitative estimate of drug-likeness (QED) is 0.714. The summed E-state index contributed by atoms with van der Waals surface area (Å²) in [6.07, 6.45) is 0.434. The first-order valence-corrected chi connectivity index (χ1v) is 9.38. The van der Waals surface area contributed by atoms with Crippen LogP contribution in [0.3, 0.4) is 0 Å². The number of anilines is 1. The molecule has 148 valence electrons. The Kier molecular flexibility index (Phi) is 6.37. The van der Waals surface area contributed by atoms with E-state index in [9.17, 15) is 9.59 Å². The Bertz CT molecular complexity index is 836. The van der Waals surface area contributed by atoms with Crippen LogP contribution < -0.4 is 25.4 Å². The maximum atomic E-state index is 12.2. The standard InChI is InChI=1S/C21H25N3O4/c1-3-20(25)24-17-7-5-16(6-8-17)14(2)23-21(26)22-13-15-4-9-18-19(12-15)28-11-10-27-18/h4-9,12,14H,3,10-11,13H2,1-2H3,(H,24,25)(H2,22,23,26)/t14-/m0/s1. The van der Waals surface area contributed by atoms with Gasteiger partial charge in [-0.05, 0) is 42.3 Å². The molecule has 0 aromatic heterocycles. The lowest BCUT2D eigenvalue weighted by Crippen LogP contribution is -2.36. The fourth-order valence-electron chi connectivity index (χ4n) is 2.82. The molecule has 0 bridgehead atoms. The van der Waals surface area contributed by atoms with E-state index in [0.29, 0.717) is 31.9 Å². The molecule has 0 saturated heterocycles. The van der Waals surface area contributed by atoms with Crippen LogP contribution >= 0.6 is 0 Å². The van der Waals surface area contributed by atoms with E-state index in [1.54, 1.807) is 6.92 Å². The van der Waals surface area contributed by atoms with E-state index in [1.165, 1.54) is 0 Å². The van der Waals surface area contributed by atoms with E-state index in [0.717, 1.165) is 22.6 Å². The van der Waals surface area contributed by atoms with E-state index >= 15 is 0 Å². The number of rotatable bonds is 6. The number of fused-ring (bicyclic) bond motifs is 1. The lowest BCUT2D eigenvalue weighted by molar-refractivity contribution is -0.115. The minimum atomic E-state index is -0.259. The molecule has 3 N–H and O–H groups in total. The Morgan fingerprint density at radius 3 is 2.46 bits per heavy atom. The number of carbonyl (C=O) groups is 2. The zero-order chi connectivity index (χ0) is 19.9. The van der Waals surface area contributed by atoms with Gasteiger partial charge in [0.05, 0.1) is 6.04 Å². The van der Waals surface area contributed by atoms with Crippen LogP contribution in [0.4, 0.5) is 10.5 Å². The first kappa shape index (κ1) is 19.5. The molecular weight excluding hydrogens is 358 g/mol. The largest absolute Gasteiger partial charge is 0.486 e. The van der Waals surface area contributed by atoms with Gasteiger partial charge >= 0.3 is 6.03 Å². The van der Waals surface area contributed by atoms with Gasteiger partial charge in [0.15, 0.2) is 11.5 Å². The number of amides is 3. The summed E-state index contributed by atoms with van der Waals surface area (Å²) < 4.78 is 11.0. The molecule has 7 nitrogen and oxygen atoms in total. The Labute approximate surface area is 164 Å². The molecule has 1 aliphatic rings. The van der Waals surface area contributed by atoms with Crippen molar-refractivity contribution < 1.29 is 19.1 Å². The van der Waals surface area contributed by atoms with E-state index in [-0.39, 0.29) is 18.0 Å². The van der Waals surface area contributed by atoms with Gasteiger partial charge in [-0.3, -0.25) is 4.79 Å². The van der Waals surface area contributed by atoms with Crippen LogP contribution in [0.15, 0.2) is 42.5 Å². The first-order valence-electron chi connectivity index (χ1n) is 9.38. The average molecular weight is 383 g/mol. The molecule has 2 aromatic carbocycles. The Morgan fingerprint density at radius 1 is 1.04 bits per heavy atom. The van der Waals surface area contributed by atoms with Gasteiger partial charge < -0.3 is 25.4 Å². The van der Waals surface area contributed by atoms with Crippen molar-refractivity contribution in [3.63, 3.8) is 0 Å². The summed E-state index contributed by atoms with van der Waals surface area (Å²) in [4.78, 5) is 23.6. The SMILES string of the molecule is CCC(=O)Nc1ccc([C@H](C)NC(=O)NCc2ccc3c(c2)OCCO3)cc1. The molecule has 0 saturated carbocycles. The Hall–Kier alpha value is -3.22. The number of carbonyl (C=O) groups excluding carboxylic acids is 2. The molecule has 3 amide bonds. The monoisotopic (exact) mass is 383 g/mol. The lowest BCUT2D eigenvalue weighted by atomic mass is 10.1. The molecule has 0 aliphatic carbocycles. The van der Waals surface area contributed by atoms with Gasteiger partial charge in [-0.2, -0.15) is 0 Å². The number of hydrogen-bond donors (Lipinski definition) is 3. The maximum Gasteiger partial charge on any atom is 0.315 e. The van der Waals surface area contributed by atoms with Crippen molar-refractivity contribution in [1.29, 1.82) is 0 Å². The highest BCUT2D eigenvalue weighted by molar-refractivity contribution is 5.90. The third-order valence-corrected chi connectivity index (χ3v) is 4.42. The Balaban J connectivity index is 1.49. The van der Waals surface area contributed by atoms with Crippen LogP contribution in [0.1, 0.15) is 37.4 Å². The van der Waals surface area contributed by atoms with Gasteiger partial charge in [0.25, 0.3) is 0 Å². The lowest BCUT2D eigenvalue weighted by Gasteiger charge is -2.19. The predicted molar refractivity (Wildman–Crippen MR) is 107 cm³/mol. The van der Waals surface area contributed by atoms with Crippen LogP contribution in [0.5, 0.6) is 11.5 Å². The summed E-state index contributed by atoms with van der Waals surface area (Å²) in [7, 11) is 0. The number of benzene rings is 2. The topological polar surface area (TPSA) is 88.7 Å². The second-order valence-electron chi connectivity index (χ2n) is 6.55. The van der Waals surface area contributed by atoms with Gasteiger partial charge in [-0.1, -0.05) is 25.1 Å². The summed E-state index contributed by atoms with van der Waals surface area (Å²) in [5.74, 6) is 1.40. The molecule has 7 heteroatoms. The normalized spacial score (nSPS) is 13.4. The Morgan fingerprint density at radius 2 is 1.75 bits per heavy atom. The van der Waals surface area contributed by atoms with Gasteiger partial charge in [0.2, 0.25) is 5.91 Å². The van der Waals surface area contributed by atoms with Gasteiger partial charge in [0, 0.05) is 18.7 Å². The highest BCUT2D eigenvalue weighted by atomic mass is 16.6. The molecule has 1 atom stereocenters. The predicted octanol–water partition coefficient (Wildman–Crippen LogP) is 3.37. The highest BCUT2D eigenvalue weighted by Crippen LogP contribution is 2.30. The summed E-state index contributed by atoms with van der Waals surface area (Å²) in [6, 6.07) is 12.6. The van der Waals surface area contributed by atoms with Crippen LogP contribution in [-0.4, -0.2) is 25.2 Å². The molecular formula is C21H25N3O4. The zero-order valence-electron chi connectivity index (χ0n) is 16.1. The number of hydrogen-bond acceptors (Lipinski definition) is 4. The second-order valence-corrected chi connectivity index (χ2v) is 6.55. The minimum absolute atomic E-state index is 0.0301. The molecule has 2 aromatic rings. The molecule has 0 fully saturated rings. The number of nitrogens with one attached hydrogen (secondary N) is 3. The van der Waals surface area contributed by atoms with Gasteiger partial charge in [-0.25, -0.2) is 4.79 Å². The van der Waals surface area contributed by atoms with Crippen molar-refractivity contribution in [2.24, 2.45) is 0 Å². The maximum absolute atomic E-state index is 12.2. The van der Waals surface area contributed by atoms with Gasteiger partial charge in [0.1, 0.15) is 13.2 Å². The molecule has 3 rings (SSSR count). The van der Waals surface area contributed by atoms with Crippen molar-refractivity contribution in [3.8, 4) is 11.5 Å². The fraction of sp³-hybridized carbons (Fsp3) is 0.333. The van der Waals surface area contributed by atoms with Crippen molar-refractivity contribution in [3.05, 3.63) is 53.6 Å². The molecule has 0 radical (unpaired) electrons. The minimum Gasteiger partial charge on any atom is -0.486 e. The van der Waals surface area contributed by atoms with Crippen molar-refractivity contribution in [2.75, 3.05) is 18.5 Å². The van der Waals surface area contributed by atoms with Crippen LogP contribution in [0.2, 0.25) is 0 Å². The third kappa shape index (κ3) is 5.16. The number of ether oxygens (including phenoxy) is 2. The van der Waals surface area contributed by atoms with Crippen molar-refractivity contribution in [2.45, 2.75) is 32.9 Å². The summed E-state index contributed by atoms with van der Waals surface area (Å²) in [6.45, 7) is 5.18. The molecule has 1 aliphatic heterocycles. The van der Waals surface area contributed by atoms with Crippen LogP contribution in [-0.2, 0) is 11.3 Å². The van der Waals surface area contributed by atoms with E-state index < -0.39 is 0 Å². The van der Waals surface area contributed by atoms with E-state index in [1.807, 2.05) is 49.4 Å². The van der Waals surface area contributed by atoms with E-state index in [2.05, 4.69) is 16.0 Å². The second kappa shape index (κ2) is 9.12. The van der Waals surface area contributed by atoms with Crippen LogP contribution in [0.25, 0.3) is 0 Å². The van der Waals surface area contributed by atoms with Crippen molar-refractivity contribution >= 4 is 17.6 Å².